The molecule has 1 fully saturated rings. The van der Waals surface area contributed by atoms with Crippen molar-refractivity contribution in [2.45, 2.75) is 6.92 Å². The molecule has 21 heavy (non-hydrogen) atoms. The first-order valence-corrected chi connectivity index (χ1v) is 8.23. The molecule has 122 valence electrons. The number of hydrogen-bond acceptors (Lipinski definition) is 6. The zero-order valence-electron chi connectivity index (χ0n) is 12.2. The molecule has 1 rings (SSSR count). The van der Waals surface area contributed by atoms with Crippen molar-refractivity contribution in [1.29, 1.82) is 0 Å². The number of amides is 2. The van der Waals surface area contributed by atoms with Crippen LogP contribution in [0.3, 0.4) is 0 Å². The van der Waals surface area contributed by atoms with E-state index in [0.717, 1.165) is 0 Å². The van der Waals surface area contributed by atoms with E-state index in [4.69, 9.17) is 4.74 Å². The van der Waals surface area contributed by atoms with Crippen molar-refractivity contribution in [3.8, 4) is 0 Å². The van der Waals surface area contributed by atoms with Crippen molar-refractivity contribution in [2.24, 2.45) is 0 Å². The Labute approximate surface area is 124 Å². The molecule has 0 aromatic carbocycles. The quantitative estimate of drug-likeness (QED) is 0.727. The maximum atomic E-state index is 12.1. The molecule has 0 saturated carbocycles. The fourth-order valence-electron chi connectivity index (χ4n) is 1.85. The highest BCUT2D eigenvalue weighted by Gasteiger charge is 2.29. The van der Waals surface area contributed by atoms with Crippen LogP contribution in [0.1, 0.15) is 6.92 Å². The summed E-state index contributed by atoms with van der Waals surface area (Å²) in [6.45, 7) is 3.01. The summed E-state index contributed by atoms with van der Waals surface area (Å²) in [5.41, 5.74) is 0. The van der Waals surface area contributed by atoms with E-state index in [9.17, 15) is 18.0 Å². The van der Waals surface area contributed by atoms with Gasteiger partial charge in [0.15, 0.2) is 0 Å². The molecule has 0 aliphatic carbocycles. The minimum absolute atomic E-state index is 0.0207. The maximum absolute atomic E-state index is 12.1. The lowest BCUT2D eigenvalue weighted by molar-refractivity contribution is 0.0934. The molecule has 1 aliphatic heterocycles. The van der Waals surface area contributed by atoms with Crippen LogP contribution in [0.4, 0.5) is 9.59 Å². The van der Waals surface area contributed by atoms with Gasteiger partial charge in [0.1, 0.15) is 0 Å². The molecule has 1 saturated heterocycles. The molecule has 0 atom stereocenters. The lowest BCUT2D eigenvalue weighted by atomic mass is 10.4. The summed E-state index contributed by atoms with van der Waals surface area (Å²) >= 11 is 0. The van der Waals surface area contributed by atoms with Gasteiger partial charge in [-0.3, -0.25) is 0 Å². The van der Waals surface area contributed by atoms with Crippen LogP contribution in [0.15, 0.2) is 0 Å². The number of piperazine rings is 1. The zero-order chi connectivity index (χ0) is 15.9. The lowest BCUT2D eigenvalue weighted by Crippen LogP contribution is -2.51. The number of hydrogen-bond donors (Lipinski definition) is 1. The van der Waals surface area contributed by atoms with Gasteiger partial charge in [-0.15, -0.1) is 0 Å². The molecule has 1 N–H and O–H groups in total. The Morgan fingerprint density at radius 2 is 1.81 bits per heavy atom. The van der Waals surface area contributed by atoms with Crippen LogP contribution in [0.2, 0.25) is 0 Å². The first-order valence-electron chi connectivity index (χ1n) is 6.62. The summed E-state index contributed by atoms with van der Waals surface area (Å²) < 4.78 is 34.6. The third-order valence-electron chi connectivity index (χ3n) is 2.97. The zero-order valence-corrected chi connectivity index (χ0v) is 13.0. The van der Waals surface area contributed by atoms with Gasteiger partial charge in [0.05, 0.1) is 19.5 Å². The van der Waals surface area contributed by atoms with Gasteiger partial charge < -0.3 is 19.7 Å². The molecule has 1 heterocycles. The highest BCUT2D eigenvalue weighted by atomic mass is 32.2. The van der Waals surface area contributed by atoms with Crippen molar-refractivity contribution < 1.29 is 27.5 Å². The molecule has 9 nitrogen and oxygen atoms in total. The lowest BCUT2D eigenvalue weighted by Gasteiger charge is -2.33. The molecule has 1 aliphatic rings. The van der Waals surface area contributed by atoms with Gasteiger partial charge in [-0.1, -0.05) is 0 Å². The van der Waals surface area contributed by atoms with Crippen LogP contribution >= 0.6 is 0 Å². The highest BCUT2D eigenvalue weighted by Crippen LogP contribution is 2.09. The molecule has 0 bridgehead atoms. The van der Waals surface area contributed by atoms with E-state index in [1.807, 2.05) is 0 Å². The first kappa shape index (κ1) is 17.5. The average molecular weight is 323 g/mol. The average Bonchev–Trinajstić information content (AvgIpc) is 2.47. The molecule has 0 spiro atoms. The monoisotopic (exact) mass is 323 g/mol. The molecule has 10 heteroatoms. The fraction of sp³-hybridized carbons (Fsp3) is 0.818. The number of carbonyl (C=O) groups excluding carboxylic acids is 2. The van der Waals surface area contributed by atoms with Gasteiger partial charge in [0.25, 0.3) is 0 Å². The van der Waals surface area contributed by atoms with Crippen molar-refractivity contribution in [3.05, 3.63) is 0 Å². The minimum Gasteiger partial charge on any atom is -0.453 e. The Balaban J connectivity index is 2.41. The summed E-state index contributed by atoms with van der Waals surface area (Å²) in [5.74, 6) is -0.207. The standard InChI is InChI=1S/C11H21N3O6S/c1-3-20-11(16)13-5-7-14(8-6-13)21(17,18)9-4-12-10(15)19-2/h3-9H2,1-2H3,(H,12,15). The molecule has 0 unspecified atom stereocenters. The van der Waals surface area contributed by atoms with Crippen molar-refractivity contribution in [3.63, 3.8) is 0 Å². The number of nitrogens with zero attached hydrogens (tertiary/aromatic N) is 2. The summed E-state index contributed by atoms with van der Waals surface area (Å²) in [4.78, 5) is 23.8. The first-order chi connectivity index (χ1) is 9.90. The number of nitrogens with one attached hydrogen (secondary N) is 1. The smallest absolute Gasteiger partial charge is 0.409 e. The van der Waals surface area contributed by atoms with E-state index >= 15 is 0 Å². The van der Waals surface area contributed by atoms with Gasteiger partial charge in [-0.25, -0.2) is 18.0 Å². The van der Waals surface area contributed by atoms with E-state index < -0.39 is 22.2 Å². The van der Waals surface area contributed by atoms with Gasteiger partial charge in [-0.05, 0) is 6.92 Å². The molecule has 0 aromatic rings. The molecule has 0 aromatic heterocycles. The van der Waals surface area contributed by atoms with E-state index in [-0.39, 0.29) is 32.0 Å². The number of sulfonamides is 1. The summed E-state index contributed by atoms with van der Waals surface area (Å²) in [6.07, 6.45) is -1.10. The van der Waals surface area contributed by atoms with Gasteiger partial charge >= 0.3 is 12.2 Å². The minimum atomic E-state index is -3.46. The SMILES string of the molecule is CCOC(=O)N1CCN(S(=O)(=O)CCNC(=O)OC)CC1. The molecule has 0 radical (unpaired) electrons. The van der Waals surface area contributed by atoms with Crippen molar-refractivity contribution in [1.82, 2.24) is 14.5 Å². The van der Waals surface area contributed by atoms with E-state index in [1.165, 1.54) is 16.3 Å². The fourth-order valence-corrected chi connectivity index (χ4v) is 3.18. The number of carbonyl (C=O) groups is 2. The largest absolute Gasteiger partial charge is 0.453 e. The van der Waals surface area contributed by atoms with Crippen LogP contribution in [-0.2, 0) is 19.5 Å². The van der Waals surface area contributed by atoms with Gasteiger partial charge in [0.2, 0.25) is 10.0 Å². The van der Waals surface area contributed by atoms with Crippen molar-refractivity contribution in [2.75, 3.05) is 52.2 Å². The van der Waals surface area contributed by atoms with Crippen LogP contribution in [-0.4, -0.2) is 82.0 Å². The predicted molar refractivity (Wildman–Crippen MR) is 74.4 cm³/mol. The Bertz CT molecular complexity index is 459. The van der Waals surface area contributed by atoms with E-state index in [1.54, 1.807) is 6.92 Å². The Kier molecular flexibility index (Phi) is 6.69. The second-order valence-corrected chi connectivity index (χ2v) is 6.41. The number of alkyl carbamates (subject to hydrolysis) is 1. The van der Waals surface area contributed by atoms with Gasteiger partial charge in [0, 0.05) is 32.7 Å². The number of rotatable bonds is 5. The Morgan fingerprint density at radius 3 is 2.33 bits per heavy atom. The van der Waals surface area contributed by atoms with Crippen LogP contribution in [0.5, 0.6) is 0 Å². The molecule has 2 amide bonds. The topological polar surface area (TPSA) is 105 Å². The summed E-state index contributed by atoms with van der Waals surface area (Å²) in [5, 5.41) is 2.32. The second kappa shape index (κ2) is 8.03. The summed E-state index contributed by atoms with van der Waals surface area (Å²) in [6, 6.07) is 0. The van der Waals surface area contributed by atoms with Gasteiger partial charge in [-0.2, -0.15) is 4.31 Å². The predicted octanol–water partition coefficient (Wildman–Crippen LogP) is -0.554. The normalized spacial score (nSPS) is 16.4. The van der Waals surface area contributed by atoms with E-state index in [0.29, 0.717) is 13.1 Å². The maximum Gasteiger partial charge on any atom is 0.409 e. The molecular formula is C11H21N3O6S. The third kappa shape index (κ3) is 5.38. The van der Waals surface area contributed by atoms with Crippen molar-refractivity contribution >= 4 is 22.2 Å². The Hall–Kier alpha value is -1.55. The Morgan fingerprint density at radius 1 is 1.19 bits per heavy atom. The highest BCUT2D eigenvalue weighted by molar-refractivity contribution is 7.89. The second-order valence-electron chi connectivity index (χ2n) is 4.32. The number of methoxy groups -OCH3 is 1. The number of ether oxygens (including phenoxy) is 2. The third-order valence-corrected chi connectivity index (χ3v) is 4.84. The molecular weight excluding hydrogens is 302 g/mol. The van der Waals surface area contributed by atoms with Crippen LogP contribution in [0, 0.1) is 0 Å². The van der Waals surface area contributed by atoms with Crippen LogP contribution in [0.25, 0.3) is 0 Å². The van der Waals surface area contributed by atoms with E-state index in [2.05, 4.69) is 10.1 Å². The van der Waals surface area contributed by atoms with Crippen LogP contribution < -0.4 is 5.32 Å². The summed E-state index contributed by atoms with van der Waals surface area (Å²) in [7, 11) is -2.26.